The van der Waals surface area contributed by atoms with E-state index in [0.717, 1.165) is 6.07 Å². The van der Waals surface area contributed by atoms with Crippen LogP contribution in [0.4, 0.5) is 26.3 Å². The molecule has 27 heavy (non-hydrogen) atoms. The first-order valence-electron chi connectivity index (χ1n) is 7.41. The molecule has 0 N–H and O–H groups in total. The Morgan fingerprint density at radius 2 is 1.70 bits per heavy atom. The van der Waals surface area contributed by atoms with E-state index in [1.807, 2.05) is 0 Å². The van der Waals surface area contributed by atoms with Crippen molar-refractivity contribution >= 4 is 27.6 Å². The van der Waals surface area contributed by atoms with Gasteiger partial charge < -0.3 is 9.08 Å². The smallest absolute Gasteiger partial charge is 0.374 e. The molecule has 0 atom stereocenters. The lowest BCUT2D eigenvalue weighted by atomic mass is 9.97. The standard InChI is InChI=1S/C14H12ClF6NO4S/c15-10-4-3-8-2-1-6-22(12(23)13(16,17)18)7-5-9(8)11(10)26-27(24,25)14(19,20)21/h3-4H,1-2,5-7H2. The van der Waals surface area contributed by atoms with E-state index in [1.54, 1.807) is 0 Å². The molecule has 0 aliphatic carbocycles. The van der Waals surface area contributed by atoms with Gasteiger partial charge in [-0.2, -0.15) is 34.8 Å². The van der Waals surface area contributed by atoms with E-state index in [9.17, 15) is 39.6 Å². The van der Waals surface area contributed by atoms with Crippen LogP contribution in [0.3, 0.4) is 0 Å². The van der Waals surface area contributed by atoms with Crippen molar-refractivity contribution in [2.24, 2.45) is 0 Å². The summed E-state index contributed by atoms with van der Waals surface area (Å²) in [6, 6.07) is 2.56. The van der Waals surface area contributed by atoms with Crippen LogP contribution in [-0.2, 0) is 27.8 Å². The minimum Gasteiger partial charge on any atom is -0.374 e. The molecule has 1 aliphatic heterocycles. The van der Waals surface area contributed by atoms with E-state index in [2.05, 4.69) is 4.18 Å². The van der Waals surface area contributed by atoms with Gasteiger partial charge in [0.2, 0.25) is 0 Å². The highest BCUT2D eigenvalue weighted by Crippen LogP contribution is 2.37. The van der Waals surface area contributed by atoms with Crippen LogP contribution in [0.5, 0.6) is 5.75 Å². The monoisotopic (exact) mass is 439 g/mol. The molecule has 1 heterocycles. The first-order chi connectivity index (χ1) is 12.2. The van der Waals surface area contributed by atoms with Crippen molar-refractivity contribution in [3.8, 4) is 5.75 Å². The summed E-state index contributed by atoms with van der Waals surface area (Å²) in [6.07, 6.45) is -5.28. The van der Waals surface area contributed by atoms with Crippen molar-refractivity contribution in [3.63, 3.8) is 0 Å². The van der Waals surface area contributed by atoms with Gasteiger partial charge in [-0.1, -0.05) is 17.7 Å². The third-order valence-electron chi connectivity index (χ3n) is 3.82. The average molecular weight is 440 g/mol. The lowest BCUT2D eigenvalue weighted by Gasteiger charge is -2.27. The molecule has 1 aromatic carbocycles. The fraction of sp³-hybridized carbons (Fsp3) is 0.500. The van der Waals surface area contributed by atoms with Crippen molar-refractivity contribution in [2.75, 3.05) is 13.1 Å². The number of carbonyl (C=O) groups is 1. The number of halogens is 7. The number of nitrogens with zero attached hydrogens (tertiary/aromatic N) is 1. The number of alkyl halides is 6. The number of aryl methyl sites for hydroxylation is 1. The quantitative estimate of drug-likeness (QED) is 0.402. The van der Waals surface area contributed by atoms with Crippen LogP contribution >= 0.6 is 11.6 Å². The normalized spacial score (nSPS) is 16.3. The van der Waals surface area contributed by atoms with Gasteiger partial charge in [-0.15, -0.1) is 0 Å². The molecule has 0 spiro atoms. The first-order valence-corrected chi connectivity index (χ1v) is 9.20. The number of benzene rings is 1. The van der Waals surface area contributed by atoms with Crippen molar-refractivity contribution < 1.29 is 43.7 Å². The summed E-state index contributed by atoms with van der Waals surface area (Å²) in [4.78, 5) is 11.9. The minimum absolute atomic E-state index is 0.0852. The van der Waals surface area contributed by atoms with E-state index in [1.165, 1.54) is 6.07 Å². The zero-order valence-electron chi connectivity index (χ0n) is 13.3. The van der Waals surface area contributed by atoms with Gasteiger partial charge in [-0.3, -0.25) is 4.79 Å². The van der Waals surface area contributed by atoms with Crippen molar-refractivity contribution in [2.45, 2.75) is 30.9 Å². The number of fused-ring (bicyclic) bond motifs is 1. The molecule has 152 valence electrons. The van der Waals surface area contributed by atoms with E-state index < -0.39 is 45.0 Å². The highest BCUT2D eigenvalue weighted by atomic mass is 35.5. The summed E-state index contributed by atoms with van der Waals surface area (Å²) >= 11 is 5.77. The molecule has 0 unspecified atom stereocenters. The minimum atomic E-state index is -6.03. The molecule has 0 fully saturated rings. The lowest BCUT2D eigenvalue weighted by molar-refractivity contribution is -0.185. The van der Waals surface area contributed by atoms with E-state index in [4.69, 9.17) is 11.6 Å². The van der Waals surface area contributed by atoms with Crippen LogP contribution in [-0.4, -0.2) is 44.0 Å². The molecule has 5 nitrogen and oxygen atoms in total. The second-order valence-corrected chi connectivity index (χ2v) is 7.59. The topological polar surface area (TPSA) is 63.7 Å². The lowest BCUT2D eigenvalue weighted by Crippen LogP contribution is -2.43. The second-order valence-electron chi connectivity index (χ2n) is 5.64. The zero-order chi connectivity index (χ0) is 20.6. The van der Waals surface area contributed by atoms with Crippen LogP contribution in [0, 0.1) is 0 Å². The van der Waals surface area contributed by atoms with Gasteiger partial charge in [0.25, 0.3) is 0 Å². The van der Waals surface area contributed by atoms with Gasteiger partial charge >= 0.3 is 27.7 Å². The number of hydrogen-bond acceptors (Lipinski definition) is 4. The van der Waals surface area contributed by atoms with Crippen LogP contribution < -0.4 is 4.18 Å². The molecule has 13 heteroatoms. The Kier molecular flexibility index (Phi) is 5.91. The Labute approximate surface area is 155 Å². The Morgan fingerprint density at radius 3 is 2.26 bits per heavy atom. The van der Waals surface area contributed by atoms with Gasteiger partial charge in [0, 0.05) is 18.7 Å². The van der Waals surface area contributed by atoms with Gasteiger partial charge in [0.15, 0.2) is 5.75 Å². The molecular weight excluding hydrogens is 428 g/mol. The number of carbonyl (C=O) groups excluding carboxylic acids is 1. The predicted octanol–water partition coefficient (Wildman–Crippen LogP) is 3.45. The number of amides is 1. The summed E-state index contributed by atoms with van der Waals surface area (Å²) in [5.41, 5.74) is -5.42. The van der Waals surface area contributed by atoms with E-state index in [0.29, 0.717) is 10.5 Å². The summed E-state index contributed by atoms with van der Waals surface area (Å²) in [5.74, 6) is -2.88. The number of rotatable bonds is 2. The highest BCUT2D eigenvalue weighted by Gasteiger charge is 2.49. The molecule has 0 saturated carbocycles. The predicted molar refractivity (Wildman–Crippen MR) is 81.7 cm³/mol. The molecule has 0 saturated heterocycles. The SMILES string of the molecule is O=C(N1CCCc2ccc(Cl)c(OS(=O)(=O)C(F)(F)F)c2CC1)C(F)(F)F. The maximum absolute atomic E-state index is 12.6. The Hall–Kier alpha value is -1.69. The summed E-state index contributed by atoms with van der Waals surface area (Å²) in [7, 11) is -6.03. The average Bonchev–Trinajstić information content (AvgIpc) is 2.48. The molecule has 1 aromatic rings. The maximum atomic E-state index is 12.6. The van der Waals surface area contributed by atoms with Gasteiger partial charge in [0.05, 0.1) is 5.02 Å². The van der Waals surface area contributed by atoms with Gasteiger partial charge in [0.1, 0.15) is 0 Å². The molecule has 1 aliphatic rings. The second kappa shape index (κ2) is 7.38. The Bertz CT molecular complexity index is 837. The number of hydrogen-bond donors (Lipinski definition) is 0. The fourth-order valence-corrected chi connectivity index (χ4v) is 3.36. The summed E-state index contributed by atoms with van der Waals surface area (Å²) in [5, 5.41) is -0.448. The maximum Gasteiger partial charge on any atom is 0.534 e. The first kappa shape index (κ1) is 21.6. The van der Waals surface area contributed by atoms with Crippen LogP contribution in [0.2, 0.25) is 5.02 Å². The van der Waals surface area contributed by atoms with Gasteiger partial charge in [-0.25, -0.2) is 0 Å². The molecule has 0 radical (unpaired) electrons. The van der Waals surface area contributed by atoms with Crippen molar-refractivity contribution in [3.05, 3.63) is 28.3 Å². The molecule has 0 aromatic heterocycles. The fourth-order valence-electron chi connectivity index (χ4n) is 2.60. The third kappa shape index (κ3) is 4.78. The summed E-state index contributed by atoms with van der Waals surface area (Å²) in [6.45, 7) is -0.703. The third-order valence-corrected chi connectivity index (χ3v) is 5.07. The molecule has 2 rings (SSSR count). The van der Waals surface area contributed by atoms with Crippen LogP contribution in [0.1, 0.15) is 17.5 Å². The molecule has 1 amide bonds. The largest absolute Gasteiger partial charge is 0.534 e. The van der Waals surface area contributed by atoms with E-state index in [-0.39, 0.29) is 31.4 Å². The zero-order valence-corrected chi connectivity index (χ0v) is 14.9. The van der Waals surface area contributed by atoms with E-state index >= 15 is 0 Å². The van der Waals surface area contributed by atoms with Gasteiger partial charge in [-0.05, 0) is 30.9 Å². The summed E-state index contributed by atoms with van der Waals surface area (Å²) < 4.78 is 102. The molecule has 0 bridgehead atoms. The van der Waals surface area contributed by atoms with Crippen molar-refractivity contribution in [1.82, 2.24) is 4.90 Å². The van der Waals surface area contributed by atoms with Crippen molar-refractivity contribution in [1.29, 1.82) is 0 Å². The Morgan fingerprint density at radius 1 is 1.07 bits per heavy atom. The highest BCUT2D eigenvalue weighted by molar-refractivity contribution is 7.88. The van der Waals surface area contributed by atoms with Crippen LogP contribution in [0.25, 0.3) is 0 Å². The molecular formula is C14H12ClF6NO4S. The Balaban J connectivity index is 2.40. The van der Waals surface area contributed by atoms with Crippen LogP contribution in [0.15, 0.2) is 12.1 Å².